The Morgan fingerprint density at radius 1 is 1.16 bits per heavy atom. The first-order valence-corrected chi connectivity index (χ1v) is 7.14. The van der Waals surface area contributed by atoms with Crippen LogP contribution in [0, 0.1) is 0 Å². The summed E-state index contributed by atoms with van der Waals surface area (Å²) in [7, 11) is 1.62. The second-order valence-corrected chi connectivity index (χ2v) is 5.43. The molecule has 2 nitrogen and oxygen atoms in total. The van der Waals surface area contributed by atoms with Crippen molar-refractivity contribution in [3.63, 3.8) is 0 Å². The van der Waals surface area contributed by atoms with Crippen LogP contribution in [0.5, 0.6) is 5.75 Å². The lowest BCUT2D eigenvalue weighted by Gasteiger charge is -2.08. The molecular weight excluding hydrogens is 326 g/mol. The lowest BCUT2D eigenvalue weighted by molar-refractivity contribution is 0.415. The van der Waals surface area contributed by atoms with Gasteiger partial charge in [0.25, 0.3) is 0 Å². The second-order valence-electron chi connectivity index (χ2n) is 4.16. The van der Waals surface area contributed by atoms with Crippen molar-refractivity contribution in [2.75, 3.05) is 7.11 Å². The van der Waals surface area contributed by atoms with Crippen molar-refractivity contribution in [3.05, 3.63) is 63.1 Å². The number of halogens is 2. The highest BCUT2D eigenvalue weighted by molar-refractivity contribution is 9.10. The van der Waals surface area contributed by atoms with Gasteiger partial charge in [-0.3, -0.25) is 0 Å². The molecule has 0 bridgehead atoms. The minimum atomic E-state index is 0.641. The van der Waals surface area contributed by atoms with E-state index in [2.05, 4.69) is 27.3 Å². The molecule has 19 heavy (non-hydrogen) atoms. The molecule has 0 aliphatic heterocycles. The molecule has 0 unspecified atom stereocenters. The van der Waals surface area contributed by atoms with Gasteiger partial charge in [-0.1, -0.05) is 51.8 Å². The van der Waals surface area contributed by atoms with Crippen molar-refractivity contribution < 1.29 is 4.74 Å². The van der Waals surface area contributed by atoms with Crippen LogP contribution in [0.2, 0.25) is 5.02 Å². The van der Waals surface area contributed by atoms with E-state index in [1.54, 1.807) is 7.11 Å². The van der Waals surface area contributed by atoms with Crippen LogP contribution in [-0.4, -0.2) is 7.11 Å². The van der Waals surface area contributed by atoms with Crippen LogP contribution in [0.4, 0.5) is 0 Å². The molecule has 100 valence electrons. The first-order chi connectivity index (χ1) is 9.20. The topological polar surface area (TPSA) is 21.3 Å². The number of methoxy groups -OCH3 is 1. The lowest BCUT2D eigenvalue weighted by Crippen LogP contribution is -2.13. The molecule has 0 saturated heterocycles. The van der Waals surface area contributed by atoms with E-state index >= 15 is 0 Å². The average Bonchev–Trinajstić information content (AvgIpc) is 2.41. The SMILES string of the molecule is COc1ccc(CNCc2ccccc2Br)cc1Cl. The van der Waals surface area contributed by atoms with Gasteiger partial charge in [-0.25, -0.2) is 0 Å². The van der Waals surface area contributed by atoms with E-state index in [9.17, 15) is 0 Å². The first-order valence-electron chi connectivity index (χ1n) is 5.97. The number of ether oxygens (including phenoxy) is 1. The summed E-state index contributed by atoms with van der Waals surface area (Å²) in [4.78, 5) is 0. The Morgan fingerprint density at radius 3 is 2.63 bits per heavy atom. The monoisotopic (exact) mass is 339 g/mol. The van der Waals surface area contributed by atoms with Crippen LogP contribution >= 0.6 is 27.5 Å². The van der Waals surface area contributed by atoms with Gasteiger partial charge >= 0.3 is 0 Å². The zero-order valence-electron chi connectivity index (χ0n) is 10.6. The van der Waals surface area contributed by atoms with Crippen LogP contribution in [0.25, 0.3) is 0 Å². The molecular formula is C15H15BrClNO. The van der Waals surface area contributed by atoms with Gasteiger partial charge in [-0.05, 0) is 29.3 Å². The molecule has 0 fully saturated rings. The highest BCUT2D eigenvalue weighted by atomic mass is 79.9. The van der Waals surface area contributed by atoms with Gasteiger partial charge in [0, 0.05) is 17.6 Å². The maximum absolute atomic E-state index is 6.09. The Bertz CT molecular complexity index is 560. The van der Waals surface area contributed by atoms with Crippen LogP contribution < -0.4 is 10.1 Å². The molecule has 0 aromatic heterocycles. The van der Waals surface area contributed by atoms with Gasteiger partial charge < -0.3 is 10.1 Å². The molecule has 4 heteroatoms. The zero-order chi connectivity index (χ0) is 13.7. The zero-order valence-corrected chi connectivity index (χ0v) is 13.0. The maximum Gasteiger partial charge on any atom is 0.137 e. The molecule has 0 aliphatic carbocycles. The number of nitrogens with one attached hydrogen (secondary N) is 1. The molecule has 0 spiro atoms. The van der Waals surface area contributed by atoms with Gasteiger partial charge in [-0.2, -0.15) is 0 Å². The van der Waals surface area contributed by atoms with Crippen molar-refractivity contribution in [1.82, 2.24) is 5.32 Å². The third-order valence-electron chi connectivity index (χ3n) is 2.82. The van der Waals surface area contributed by atoms with E-state index in [4.69, 9.17) is 16.3 Å². The third-order valence-corrected chi connectivity index (χ3v) is 3.89. The van der Waals surface area contributed by atoms with Crippen LogP contribution in [0.1, 0.15) is 11.1 Å². The van der Waals surface area contributed by atoms with Crippen molar-refractivity contribution >= 4 is 27.5 Å². The molecule has 0 saturated carbocycles. The second kappa shape index (κ2) is 6.94. The molecule has 0 amide bonds. The van der Waals surface area contributed by atoms with E-state index in [1.807, 2.05) is 36.4 Å². The summed E-state index contributed by atoms with van der Waals surface area (Å²) in [5.74, 6) is 0.705. The Labute approximate surface area is 126 Å². The smallest absolute Gasteiger partial charge is 0.137 e. The summed E-state index contributed by atoms with van der Waals surface area (Å²) in [5, 5.41) is 4.04. The Balaban J connectivity index is 1.93. The Morgan fingerprint density at radius 2 is 1.95 bits per heavy atom. The molecule has 2 aromatic carbocycles. The maximum atomic E-state index is 6.09. The minimum absolute atomic E-state index is 0.641. The standard InChI is InChI=1S/C15H15BrClNO/c1-19-15-7-6-11(8-14(15)17)9-18-10-12-4-2-3-5-13(12)16/h2-8,18H,9-10H2,1H3. The van der Waals surface area contributed by atoms with E-state index in [0.29, 0.717) is 10.8 Å². The summed E-state index contributed by atoms with van der Waals surface area (Å²) in [6.45, 7) is 1.58. The number of hydrogen-bond donors (Lipinski definition) is 1. The number of benzene rings is 2. The molecule has 0 radical (unpaired) electrons. The number of hydrogen-bond acceptors (Lipinski definition) is 2. The lowest BCUT2D eigenvalue weighted by atomic mass is 10.2. The van der Waals surface area contributed by atoms with Crippen LogP contribution in [-0.2, 0) is 13.1 Å². The molecule has 0 aliphatic rings. The largest absolute Gasteiger partial charge is 0.495 e. The van der Waals surface area contributed by atoms with E-state index in [-0.39, 0.29) is 0 Å². The Hall–Kier alpha value is -1.03. The Kier molecular flexibility index (Phi) is 5.25. The fraction of sp³-hybridized carbons (Fsp3) is 0.200. The molecule has 1 N–H and O–H groups in total. The number of rotatable bonds is 5. The van der Waals surface area contributed by atoms with Crippen LogP contribution in [0.15, 0.2) is 46.9 Å². The summed E-state index contributed by atoms with van der Waals surface area (Å²) >= 11 is 9.63. The molecule has 2 rings (SSSR count). The summed E-state index contributed by atoms with van der Waals surface area (Å²) < 4.78 is 6.25. The van der Waals surface area contributed by atoms with Crippen molar-refractivity contribution in [2.24, 2.45) is 0 Å². The minimum Gasteiger partial charge on any atom is -0.495 e. The van der Waals surface area contributed by atoms with E-state index < -0.39 is 0 Å². The van der Waals surface area contributed by atoms with Gasteiger partial charge in [-0.15, -0.1) is 0 Å². The molecule has 0 heterocycles. The normalized spacial score (nSPS) is 10.5. The summed E-state index contributed by atoms with van der Waals surface area (Å²) in [5.41, 5.74) is 2.37. The van der Waals surface area contributed by atoms with Crippen molar-refractivity contribution in [2.45, 2.75) is 13.1 Å². The first kappa shape index (κ1) is 14.4. The molecule has 2 aromatic rings. The van der Waals surface area contributed by atoms with Crippen LogP contribution in [0.3, 0.4) is 0 Å². The third kappa shape index (κ3) is 3.96. The van der Waals surface area contributed by atoms with Gasteiger partial charge in [0.05, 0.1) is 12.1 Å². The van der Waals surface area contributed by atoms with E-state index in [0.717, 1.165) is 23.1 Å². The highest BCUT2D eigenvalue weighted by Gasteiger charge is 2.02. The van der Waals surface area contributed by atoms with Crippen molar-refractivity contribution in [3.8, 4) is 5.75 Å². The fourth-order valence-corrected chi connectivity index (χ4v) is 2.51. The fourth-order valence-electron chi connectivity index (χ4n) is 1.80. The predicted molar refractivity (Wildman–Crippen MR) is 82.7 cm³/mol. The van der Waals surface area contributed by atoms with Crippen molar-refractivity contribution in [1.29, 1.82) is 0 Å². The highest BCUT2D eigenvalue weighted by Crippen LogP contribution is 2.24. The summed E-state index contributed by atoms with van der Waals surface area (Å²) in [6, 6.07) is 14.0. The predicted octanol–water partition coefficient (Wildman–Crippen LogP) is 4.40. The van der Waals surface area contributed by atoms with Gasteiger partial charge in [0.2, 0.25) is 0 Å². The average molecular weight is 341 g/mol. The van der Waals surface area contributed by atoms with E-state index in [1.165, 1.54) is 5.56 Å². The van der Waals surface area contributed by atoms with Gasteiger partial charge in [0.1, 0.15) is 5.75 Å². The van der Waals surface area contributed by atoms with Gasteiger partial charge in [0.15, 0.2) is 0 Å². The quantitative estimate of drug-likeness (QED) is 0.871. The summed E-state index contributed by atoms with van der Waals surface area (Å²) in [6.07, 6.45) is 0. The molecule has 0 atom stereocenters.